The average molecular weight is 435 g/mol. The molecule has 30 heavy (non-hydrogen) atoms. The normalized spacial score (nSPS) is 14.7. The number of ether oxygens (including phenoxy) is 1. The van der Waals surface area contributed by atoms with Crippen molar-refractivity contribution in [1.82, 2.24) is 15.2 Å². The molecule has 0 atom stereocenters. The molecule has 160 valence electrons. The molecule has 1 aliphatic rings. The van der Waals surface area contributed by atoms with Crippen molar-refractivity contribution in [3.8, 4) is 5.75 Å². The molecule has 0 unspecified atom stereocenters. The predicted octanol–water partition coefficient (Wildman–Crippen LogP) is 1.84. The summed E-state index contributed by atoms with van der Waals surface area (Å²) in [7, 11) is -3.68. The van der Waals surface area contributed by atoms with Gasteiger partial charge in [-0.15, -0.1) is 0 Å². The van der Waals surface area contributed by atoms with Gasteiger partial charge in [0.25, 0.3) is 11.8 Å². The van der Waals surface area contributed by atoms with E-state index in [4.69, 9.17) is 4.74 Å². The van der Waals surface area contributed by atoms with Gasteiger partial charge in [0.2, 0.25) is 10.0 Å². The van der Waals surface area contributed by atoms with Crippen LogP contribution in [0.2, 0.25) is 0 Å². The third-order valence-corrected chi connectivity index (χ3v) is 6.45. The number of para-hydroxylation sites is 1. The summed E-state index contributed by atoms with van der Waals surface area (Å²) < 4.78 is 45.4. The number of benzene rings is 2. The van der Waals surface area contributed by atoms with E-state index in [2.05, 4.69) is 10.9 Å². The molecule has 8 nitrogen and oxygen atoms in total. The first kappa shape index (κ1) is 21.7. The molecule has 1 aliphatic heterocycles. The zero-order valence-electron chi connectivity index (χ0n) is 16.1. The van der Waals surface area contributed by atoms with Crippen molar-refractivity contribution in [1.29, 1.82) is 0 Å². The number of hydrogen-bond donors (Lipinski definition) is 2. The number of nitrogens with one attached hydrogen (secondary N) is 2. The lowest BCUT2D eigenvalue weighted by atomic mass is 10.2. The molecule has 10 heteroatoms. The molecule has 0 aliphatic carbocycles. The fraction of sp³-hybridized carbons (Fsp3) is 0.300. The van der Waals surface area contributed by atoms with Crippen molar-refractivity contribution in [2.75, 3.05) is 19.7 Å². The van der Waals surface area contributed by atoms with Gasteiger partial charge in [-0.1, -0.05) is 24.6 Å². The number of hydrogen-bond acceptors (Lipinski definition) is 5. The quantitative estimate of drug-likeness (QED) is 0.674. The van der Waals surface area contributed by atoms with E-state index in [0.29, 0.717) is 13.1 Å². The Morgan fingerprint density at radius 3 is 2.47 bits per heavy atom. The zero-order chi connectivity index (χ0) is 21.6. The van der Waals surface area contributed by atoms with Gasteiger partial charge in [0.15, 0.2) is 18.2 Å². The lowest BCUT2D eigenvalue weighted by molar-refractivity contribution is -0.123. The van der Waals surface area contributed by atoms with Crippen LogP contribution in [0.25, 0.3) is 0 Å². The maximum Gasteiger partial charge on any atom is 0.276 e. The third kappa shape index (κ3) is 5.33. The van der Waals surface area contributed by atoms with E-state index in [-0.39, 0.29) is 16.2 Å². The number of rotatable bonds is 6. The lowest BCUT2D eigenvalue weighted by Gasteiger charge is -2.26. The molecule has 0 bridgehead atoms. The van der Waals surface area contributed by atoms with E-state index >= 15 is 0 Å². The smallest absolute Gasteiger partial charge is 0.276 e. The van der Waals surface area contributed by atoms with Crippen LogP contribution >= 0.6 is 0 Å². The van der Waals surface area contributed by atoms with Crippen LogP contribution in [0.3, 0.4) is 0 Å². The molecule has 2 N–H and O–H groups in total. The van der Waals surface area contributed by atoms with Crippen LogP contribution in [0.5, 0.6) is 5.75 Å². The highest BCUT2D eigenvalue weighted by Gasteiger charge is 2.26. The predicted molar refractivity (Wildman–Crippen MR) is 107 cm³/mol. The van der Waals surface area contributed by atoms with E-state index in [1.54, 1.807) is 6.07 Å². The summed E-state index contributed by atoms with van der Waals surface area (Å²) in [6, 6.07) is 11.2. The fourth-order valence-corrected chi connectivity index (χ4v) is 4.56. The van der Waals surface area contributed by atoms with Crippen molar-refractivity contribution in [3.63, 3.8) is 0 Å². The molecule has 1 heterocycles. The molecule has 2 aromatic rings. The van der Waals surface area contributed by atoms with Gasteiger partial charge in [-0.25, -0.2) is 12.8 Å². The topological polar surface area (TPSA) is 105 Å². The van der Waals surface area contributed by atoms with Gasteiger partial charge in [-0.05, 0) is 43.2 Å². The van der Waals surface area contributed by atoms with Gasteiger partial charge in [0.05, 0.1) is 4.90 Å². The molecule has 0 aromatic heterocycles. The number of halogens is 1. The first-order valence-electron chi connectivity index (χ1n) is 9.44. The Labute approximate surface area is 174 Å². The minimum Gasteiger partial charge on any atom is -0.481 e. The third-order valence-electron chi connectivity index (χ3n) is 4.56. The van der Waals surface area contributed by atoms with Crippen LogP contribution in [-0.4, -0.2) is 44.2 Å². The molecule has 0 saturated carbocycles. The second kappa shape index (κ2) is 9.68. The van der Waals surface area contributed by atoms with Crippen LogP contribution in [-0.2, 0) is 14.8 Å². The SMILES string of the molecule is O=C(COc1ccccc1F)NNC(=O)c1cccc(S(=O)(=O)N2CCCCC2)c1. The first-order chi connectivity index (χ1) is 14.4. The lowest BCUT2D eigenvalue weighted by Crippen LogP contribution is -2.44. The minimum absolute atomic E-state index is 0.0197. The second-order valence-electron chi connectivity index (χ2n) is 6.71. The highest BCUT2D eigenvalue weighted by atomic mass is 32.2. The molecular formula is C20H22FN3O5S. The monoisotopic (exact) mass is 435 g/mol. The number of carbonyl (C=O) groups excluding carboxylic acids is 2. The molecular weight excluding hydrogens is 413 g/mol. The number of sulfonamides is 1. The minimum atomic E-state index is -3.68. The van der Waals surface area contributed by atoms with Crippen LogP contribution in [0.1, 0.15) is 29.6 Å². The molecule has 3 rings (SSSR count). The Bertz CT molecular complexity index is 1020. The van der Waals surface area contributed by atoms with Crippen LogP contribution < -0.4 is 15.6 Å². The first-order valence-corrected chi connectivity index (χ1v) is 10.9. The number of amides is 2. The Morgan fingerprint density at radius 2 is 1.73 bits per heavy atom. The Kier molecular flexibility index (Phi) is 7.01. The molecule has 1 saturated heterocycles. The Hall–Kier alpha value is -2.98. The number of nitrogens with zero attached hydrogens (tertiary/aromatic N) is 1. The van der Waals surface area contributed by atoms with Crippen LogP contribution in [0.4, 0.5) is 4.39 Å². The highest BCUT2D eigenvalue weighted by Crippen LogP contribution is 2.21. The van der Waals surface area contributed by atoms with E-state index in [1.165, 1.54) is 46.8 Å². The van der Waals surface area contributed by atoms with Gasteiger partial charge in [0, 0.05) is 18.7 Å². The van der Waals surface area contributed by atoms with Gasteiger partial charge < -0.3 is 4.74 Å². The molecule has 0 radical (unpaired) electrons. The van der Waals surface area contributed by atoms with E-state index < -0.39 is 34.3 Å². The molecule has 2 amide bonds. The molecule has 1 fully saturated rings. The Balaban J connectivity index is 1.57. The van der Waals surface area contributed by atoms with Crippen molar-refractivity contribution >= 4 is 21.8 Å². The molecule has 2 aromatic carbocycles. The highest BCUT2D eigenvalue weighted by molar-refractivity contribution is 7.89. The summed E-state index contributed by atoms with van der Waals surface area (Å²) in [6.07, 6.45) is 2.61. The maximum absolute atomic E-state index is 13.5. The van der Waals surface area contributed by atoms with Crippen LogP contribution in [0.15, 0.2) is 53.4 Å². The second-order valence-corrected chi connectivity index (χ2v) is 8.65. The summed E-state index contributed by atoms with van der Waals surface area (Å²) in [4.78, 5) is 24.1. The summed E-state index contributed by atoms with van der Waals surface area (Å²) in [5, 5.41) is 0. The number of carbonyl (C=O) groups is 2. The fourth-order valence-electron chi connectivity index (χ4n) is 2.99. The number of piperidine rings is 1. The van der Waals surface area contributed by atoms with E-state index in [9.17, 15) is 22.4 Å². The largest absolute Gasteiger partial charge is 0.481 e. The summed E-state index contributed by atoms with van der Waals surface area (Å²) >= 11 is 0. The van der Waals surface area contributed by atoms with Crippen LogP contribution in [0, 0.1) is 5.82 Å². The van der Waals surface area contributed by atoms with Gasteiger partial charge >= 0.3 is 0 Å². The van der Waals surface area contributed by atoms with E-state index in [1.807, 2.05) is 0 Å². The average Bonchev–Trinajstić information content (AvgIpc) is 2.77. The standard InChI is InChI=1S/C20H22FN3O5S/c21-17-9-2-3-10-18(17)29-14-19(25)22-23-20(26)15-7-6-8-16(13-15)30(27,28)24-11-4-1-5-12-24/h2-3,6-10,13H,1,4-5,11-12,14H2,(H,22,25)(H,23,26). The van der Waals surface area contributed by atoms with Gasteiger partial charge in [-0.3, -0.25) is 20.4 Å². The summed E-state index contributed by atoms with van der Waals surface area (Å²) in [5.41, 5.74) is 4.41. The zero-order valence-corrected chi connectivity index (χ0v) is 17.0. The summed E-state index contributed by atoms with van der Waals surface area (Å²) in [6.45, 7) is 0.401. The van der Waals surface area contributed by atoms with Gasteiger partial charge in [-0.2, -0.15) is 4.31 Å². The van der Waals surface area contributed by atoms with Crippen molar-refractivity contribution < 1.29 is 27.1 Å². The van der Waals surface area contributed by atoms with Crippen molar-refractivity contribution in [2.45, 2.75) is 24.2 Å². The van der Waals surface area contributed by atoms with Gasteiger partial charge in [0.1, 0.15) is 0 Å². The molecule has 0 spiro atoms. The van der Waals surface area contributed by atoms with E-state index in [0.717, 1.165) is 19.3 Å². The van der Waals surface area contributed by atoms with Crippen molar-refractivity contribution in [2.24, 2.45) is 0 Å². The number of hydrazine groups is 1. The van der Waals surface area contributed by atoms with Crippen molar-refractivity contribution in [3.05, 3.63) is 59.9 Å². The maximum atomic E-state index is 13.5. The summed E-state index contributed by atoms with van der Waals surface area (Å²) in [5.74, 6) is -2.09. The Morgan fingerprint density at radius 1 is 1.00 bits per heavy atom.